The molecule has 32 heavy (non-hydrogen) atoms. The summed E-state index contributed by atoms with van der Waals surface area (Å²) in [6, 6.07) is 20.9. The molecule has 2 aromatic heterocycles. The summed E-state index contributed by atoms with van der Waals surface area (Å²) in [5.74, 6) is 0. The first-order chi connectivity index (χ1) is 15.4. The van der Waals surface area contributed by atoms with Crippen molar-refractivity contribution in [3.05, 3.63) is 120 Å². The Labute approximate surface area is 192 Å². The van der Waals surface area contributed by atoms with Gasteiger partial charge < -0.3 is 0 Å². The average Bonchev–Trinajstić information content (AvgIpc) is 2.81. The van der Waals surface area contributed by atoms with Crippen LogP contribution in [0.25, 0.3) is 34.7 Å². The molecule has 0 unspecified atom stereocenters. The van der Waals surface area contributed by atoms with Crippen molar-refractivity contribution in [2.24, 2.45) is 0 Å². The van der Waals surface area contributed by atoms with Gasteiger partial charge in [0.25, 0.3) is 0 Å². The lowest BCUT2D eigenvalue weighted by molar-refractivity contribution is 1.25. The van der Waals surface area contributed by atoms with Crippen molar-refractivity contribution in [2.45, 2.75) is 27.7 Å². The first kappa shape index (κ1) is 22.9. The van der Waals surface area contributed by atoms with Gasteiger partial charge in [-0.3, -0.25) is 9.97 Å². The zero-order valence-corrected chi connectivity index (χ0v) is 19.4. The van der Waals surface area contributed by atoms with Crippen LogP contribution in [-0.2, 0) is 0 Å². The lowest BCUT2D eigenvalue weighted by atomic mass is 9.97. The van der Waals surface area contributed by atoms with Crippen LogP contribution in [0.5, 0.6) is 0 Å². The zero-order chi connectivity index (χ0) is 23.1. The monoisotopic (exact) mass is 418 g/mol. The van der Waals surface area contributed by atoms with Gasteiger partial charge in [-0.1, -0.05) is 91.0 Å². The van der Waals surface area contributed by atoms with E-state index in [9.17, 15) is 0 Å². The largest absolute Gasteiger partial charge is 0.256 e. The molecule has 2 nitrogen and oxygen atoms in total. The van der Waals surface area contributed by atoms with E-state index >= 15 is 0 Å². The van der Waals surface area contributed by atoms with Gasteiger partial charge in [-0.15, -0.1) is 0 Å². The minimum atomic E-state index is 0.963. The van der Waals surface area contributed by atoms with Gasteiger partial charge in [0.15, 0.2) is 0 Å². The molecule has 0 spiro atoms. The van der Waals surface area contributed by atoms with Gasteiger partial charge >= 0.3 is 0 Å². The van der Waals surface area contributed by atoms with Crippen molar-refractivity contribution < 1.29 is 0 Å². The Kier molecular flexibility index (Phi) is 7.51. The third kappa shape index (κ3) is 5.47. The number of aromatic nitrogens is 2. The van der Waals surface area contributed by atoms with Gasteiger partial charge in [-0.2, -0.15) is 0 Å². The third-order valence-corrected chi connectivity index (χ3v) is 5.35. The predicted octanol–water partition coefficient (Wildman–Crippen LogP) is 8.02. The maximum Gasteiger partial charge on any atom is 0.0780 e. The van der Waals surface area contributed by atoms with E-state index in [1.54, 1.807) is 0 Å². The Morgan fingerprint density at radius 1 is 0.562 bits per heavy atom. The van der Waals surface area contributed by atoms with E-state index in [2.05, 4.69) is 97.6 Å². The van der Waals surface area contributed by atoms with Crippen LogP contribution in [0.1, 0.15) is 33.4 Å². The molecule has 0 radical (unpaired) electrons. The molecule has 160 valence electrons. The lowest BCUT2D eigenvalue weighted by Gasteiger charge is -2.11. The van der Waals surface area contributed by atoms with Crippen molar-refractivity contribution in [1.29, 1.82) is 0 Å². The quantitative estimate of drug-likeness (QED) is 0.335. The Bertz CT molecular complexity index is 1160. The van der Waals surface area contributed by atoms with Crippen molar-refractivity contribution in [3.63, 3.8) is 0 Å². The second kappa shape index (κ2) is 10.5. The van der Waals surface area contributed by atoms with Crippen LogP contribution in [-0.4, -0.2) is 9.97 Å². The summed E-state index contributed by atoms with van der Waals surface area (Å²) >= 11 is 0. The van der Waals surface area contributed by atoms with Crippen molar-refractivity contribution in [1.82, 2.24) is 9.97 Å². The Morgan fingerprint density at radius 3 is 1.59 bits per heavy atom. The molecular formula is C30H30N2. The van der Waals surface area contributed by atoms with Gasteiger partial charge in [-0.25, -0.2) is 0 Å². The van der Waals surface area contributed by atoms with Crippen molar-refractivity contribution >= 4 is 12.2 Å². The van der Waals surface area contributed by atoms with Gasteiger partial charge in [0.1, 0.15) is 0 Å². The topological polar surface area (TPSA) is 25.8 Å². The number of benzene rings is 2. The van der Waals surface area contributed by atoms with E-state index in [1.807, 2.05) is 38.4 Å². The molecule has 4 rings (SSSR count). The molecule has 0 amide bonds. The third-order valence-electron chi connectivity index (χ3n) is 5.35. The fourth-order valence-corrected chi connectivity index (χ4v) is 3.42. The standard InChI is InChI=1S/C17H17N.C13H13N/c1-5-15-13(4)11-18-17(16(15)6-2)14-9-7-12(3)8-10-14;1-10-3-6-12(7-4-10)13-8-5-11(2)9-14-13/h5-11H,1-2H2,3-4H3;3-9H,1-2H3. The van der Waals surface area contributed by atoms with Gasteiger partial charge in [0.05, 0.1) is 11.4 Å². The SMILES string of the molecule is C=Cc1c(C)cnc(-c2ccc(C)cc2)c1C=C.Cc1ccc(-c2ccc(C)cn2)cc1. The lowest BCUT2D eigenvalue weighted by Crippen LogP contribution is -1.95. The number of rotatable bonds is 4. The summed E-state index contributed by atoms with van der Waals surface area (Å²) in [5, 5.41) is 0. The molecule has 2 heteroatoms. The number of aryl methyl sites for hydroxylation is 4. The highest BCUT2D eigenvalue weighted by molar-refractivity contribution is 5.78. The fraction of sp³-hybridized carbons (Fsp3) is 0.133. The molecule has 0 atom stereocenters. The molecule has 2 aromatic carbocycles. The molecule has 0 aliphatic carbocycles. The molecule has 0 bridgehead atoms. The highest BCUT2D eigenvalue weighted by atomic mass is 14.7. The van der Waals surface area contributed by atoms with Crippen LogP contribution in [0.4, 0.5) is 0 Å². The first-order valence-corrected chi connectivity index (χ1v) is 10.7. The minimum absolute atomic E-state index is 0.963. The number of hydrogen-bond donors (Lipinski definition) is 0. The van der Waals surface area contributed by atoms with Crippen LogP contribution < -0.4 is 0 Å². The molecule has 0 saturated heterocycles. The number of pyridine rings is 2. The molecule has 0 saturated carbocycles. The second-order valence-corrected chi connectivity index (χ2v) is 7.98. The average molecular weight is 419 g/mol. The predicted molar refractivity (Wildman–Crippen MR) is 138 cm³/mol. The van der Waals surface area contributed by atoms with Crippen molar-refractivity contribution in [2.75, 3.05) is 0 Å². The van der Waals surface area contributed by atoms with Gasteiger partial charge in [0, 0.05) is 29.1 Å². The Balaban J connectivity index is 0.000000186. The summed E-state index contributed by atoms with van der Waals surface area (Å²) in [7, 11) is 0. The summed E-state index contributed by atoms with van der Waals surface area (Å²) in [6.45, 7) is 16.0. The van der Waals surface area contributed by atoms with E-state index in [4.69, 9.17) is 0 Å². The number of hydrogen-bond acceptors (Lipinski definition) is 2. The molecule has 2 heterocycles. The van der Waals surface area contributed by atoms with Crippen LogP contribution in [0, 0.1) is 27.7 Å². The molecular weight excluding hydrogens is 388 g/mol. The number of nitrogens with zero attached hydrogens (tertiary/aromatic N) is 2. The minimum Gasteiger partial charge on any atom is -0.256 e. The van der Waals surface area contributed by atoms with E-state index < -0.39 is 0 Å². The van der Waals surface area contributed by atoms with Crippen molar-refractivity contribution in [3.8, 4) is 22.5 Å². The Morgan fingerprint density at radius 2 is 1.09 bits per heavy atom. The normalized spacial score (nSPS) is 10.1. The second-order valence-electron chi connectivity index (χ2n) is 7.98. The summed E-state index contributed by atoms with van der Waals surface area (Å²) in [6.07, 6.45) is 7.51. The van der Waals surface area contributed by atoms with Crippen LogP contribution >= 0.6 is 0 Å². The summed E-state index contributed by atoms with van der Waals surface area (Å²) in [5.41, 5.74) is 11.3. The molecule has 4 aromatic rings. The van der Waals surface area contributed by atoms with E-state index in [1.165, 1.54) is 22.3 Å². The zero-order valence-electron chi connectivity index (χ0n) is 19.4. The van der Waals surface area contributed by atoms with E-state index in [-0.39, 0.29) is 0 Å². The van der Waals surface area contributed by atoms with Crippen LogP contribution in [0.15, 0.2) is 86.2 Å². The van der Waals surface area contributed by atoms with Crippen LogP contribution in [0.2, 0.25) is 0 Å². The maximum absolute atomic E-state index is 4.54. The first-order valence-electron chi connectivity index (χ1n) is 10.7. The highest BCUT2D eigenvalue weighted by Crippen LogP contribution is 2.28. The molecule has 0 fully saturated rings. The smallest absolute Gasteiger partial charge is 0.0780 e. The molecule has 0 aliphatic rings. The molecule has 0 N–H and O–H groups in total. The van der Waals surface area contributed by atoms with E-state index in [0.29, 0.717) is 0 Å². The van der Waals surface area contributed by atoms with E-state index in [0.717, 1.165) is 33.6 Å². The molecule has 0 aliphatic heterocycles. The van der Waals surface area contributed by atoms with Gasteiger partial charge in [0.2, 0.25) is 0 Å². The Hall–Kier alpha value is -3.78. The maximum atomic E-state index is 4.54. The van der Waals surface area contributed by atoms with Gasteiger partial charge in [-0.05, 0) is 50.5 Å². The van der Waals surface area contributed by atoms with Crippen LogP contribution in [0.3, 0.4) is 0 Å². The summed E-state index contributed by atoms with van der Waals surface area (Å²) < 4.78 is 0. The summed E-state index contributed by atoms with van der Waals surface area (Å²) in [4.78, 5) is 8.92. The fourth-order valence-electron chi connectivity index (χ4n) is 3.42. The highest BCUT2D eigenvalue weighted by Gasteiger charge is 2.09.